The molecule has 0 heterocycles. The highest BCUT2D eigenvalue weighted by atomic mass is 19.4. The third kappa shape index (κ3) is 4.67. The number of alkyl halides is 3. The van der Waals surface area contributed by atoms with Crippen molar-refractivity contribution in [3.8, 4) is 0 Å². The van der Waals surface area contributed by atoms with Gasteiger partial charge < -0.3 is 4.74 Å². The molecule has 0 aliphatic carbocycles. The minimum Gasteiger partial charge on any atom is -0.374 e. The number of rotatable bonds is 6. The van der Waals surface area contributed by atoms with Crippen LogP contribution in [0.4, 0.5) is 13.2 Å². The van der Waals surface area contributed by atoms with E-state index in [9.17, 15) is 18.0 Å². The quantitative estimate of drug-likeness (QED) is 0.791. The van der Waals surface area contributed by atoms with Crippen LogP contribution in [-0.2, 0) is 22.1 Å². The summed E-state index contributed by atoms with van der Waals surface area (Å²) in [6.07, 6.45) is -3.60. The van der Waals surface area contributed by atoms with E-state index in [1.165, 1.54) is 19.2 Å². The Balaban J connectivity index is 2.79. The number of ketones is 1. The van der Waals surface area contributed by atoms with Crippen LogP contribution in [0.2, 0.25) is 0 Å². The van der Waals surface area contributed by atoms with Crippen LogP contribution in [0.25, 0.3) is 0 Å². The van der Waals surface area contributed by atoms with E-state index in [2.05, 4.69) is 0 Å². The van der Waals surface area contributed by atoms with Crippen molar-refractivity contribution in [3.05, 3.63) is 35.4 Å². The number of benzene rings is 1. The molecule has 1 atom stereocenters. The third-order valence-electron chi connectivity index (χ3n) is 2.83. The van der Waals surface area contributed by atoms with Gasteiger partial charge in [-0.2, -0.15) is 13.2 Å². The van der Waals surface area contributed by atoms with E-state index >= 15 is 0 Å². The predicted molar refractivity (Wildman–Crippen MR) is 65.9 cm³/mol. The molecule has 0 aliphatic heterocycles. The molecule has 0 bridgehead atoms. The summed E-state index contributed by atoms with van der Waals surface area (Å²) in [7, 11) is 1.43. The maximum absolute atomic E-state index is 12.5. The van der Waals surface area contributed by atoms with Crippen LogP contribution in [-0.4, -0.2) is 19.0 Å². The Bertz CT molecular complexity index is 427. The highest BCUT2D eigenvalue weighted by Gasteiger charge is 2.30. The highest BCUT2D eigenvalue weighted by molar-refractivity contribution is 5.85. The Hall–Kier alpha value is -1.36. The van der Waals surface area contributed by atoms with Gasteiger partial charge in [0.25, 0.3) is 0 Å². The predicted octanol–water partition coefficient (Wildman–Crippen LogP) is 3.63. The first-order chi connectivity index (χ1) is 8.88. The molecule has 5 heteroatoms. The van der Waals surface area contributed by atoms with Crippen LogP contribution in [0, 0.1) is 0 Å². The van der Waals surface area contributed by atoms with Gasteiger partial charge in [-0.05, 0) is 18.1 Å². The number of hydrogen-bond acceptors (Lipinski definition) is 2. The van der Waals surface area contributed by atoms with Gasteiger partial charge in [0.15, 0.2) is 5.78 Å². The Morgan fingerprint density at radius 3 is 2.58 bits per heavy atom. The summed E-state index contributed by atoms with van der Waals surface area (Å²) in [5.74, 6) is -0.191. The molecule has 0 radical (unpaired) electrons. The van der Waals surface area contributed by atoms with Crippen molar-refractivity contribution in [1.29, 1.82) is 0 Å². The first-order valence-electron chi connectivity index (χ1n) is 6.10. The van der Waals surface area contributed by atoms with Crippen molar-refractivity contribution in [2.75, 3.05) is 7.11 Å². The van der Waals surface area contributed by atoms with Gasteiger partial charge in [0.1, 0.15) is 6.10 Å². The lowest BCUT2D eigenvalue weighted by molar-refractivity contribution is -0.137. The van der Waals surface area contributed by atoms with Crippen LogP contribution >= 0.6 is 0 Å². The molecule has 0 fully saturated rings. The molecule has 2 nitrogen and oxygen atoms in total. The van der Waals surface area contributed by atoms with Gasteiger partial charge in [-0.15, -0.1) is 0 Å². The number of carbonyl (C=O) groups is 1. The van der Waals surface area contributed by atoms with Crippen LogP contribution in [0.1, 0.15) is 30.9 Å². The molecule has 106 valence electrons. The molecular formula is C14H17F3O2. The average molecular weight is 274 g/mol. The molecule has 19 heavy (non-hydrogen) atoms. The van der Waals surface area contributed by atoms with Crippen LogP contribution in [0.5, 0.6) is 0 Å². The summed E-state index contributed by atoms with van der Waals surface area (Å²) < 4.78 is 42.7. The summed E-state index contributed by atoms with van der Waals surface area (Å²) in [4.78, 5) is 11.9. The van der Waals surface area contributed by atoms with E-state index in [1.807, 2.05) is 6.92 Å². The molecule has 0 aromatic heterocycles. The summed E-state index contributed by atoms with van der Waals surface area (Å²) in [6, 6.07) is 4.84. The lowest BCUT2D eigenvalue weighted by Crippen LogP contribution is -2.24. The maximum Gasteiger partial charge on any atom is 0.416 e. The first kappa shape index (κ1) is 15.7. The number of Topliss-reactive ketones (excluding diaryl/α,β-unsaturated/α-hetero) is 1. The third-order valence-corrected chi connectivity index (χ3v) is 2.83. The number of methoxy groups -OCH3 is 1. The van der Waals surface area contributed by atoms with Gasteiger partial charge in [0.05, 0.1) is 5.56 Å². The van der Waals surface area contributed by atoms with Crippen molar-refractivity contribution in [1.82, 2.24) is 0 Å². The van der Waals surface area contributed by atoms with E-state index in [1.54, 1.807) is 0 Å². The number of carbonyl (C=O) groups excluding carboxylic acids is 1. The van der Waals surface area contributed by atoms with Gasteiger partial charge in [-0.3, -0.25) is 4.79 Å². The maximum atomic E-state index is 12.5. The Kier molecular flexibility index (Phi) is 5.54. The normalized spacial score (nSPS) is 13.3. The van der Waals surface area contributed by atoms with Crippen molar-refractivity contribution < 1.29 is 22.7 Å². The fraction of sp³-hybridized carbons (Fsp3) is 0.500. The fourth-order valence-corrected chi connectivity index (χ4v) is 1.85. The largest absolute Gasteiger partial charge is 0.416 e. The van der Waals surface area contributed by atoms with Crippen LogP contribution in [0.15, 0.2) is 24.3 Å². The fourth-order valence-electron chi connectivity index (χ4n) is 1.85. The molecule has 0 amide bonds. The minimum atomic E-state index is -4.39. The van der Waals surface area contributed by atoms with Gasteiger partial charge in [0, 0.05) is 13.5 Å². The van der Waals surface area contributed by atoms with Crippen molar-refractivity contribution in [3.63, 3.8) is 0 Å². The molecule has 1 unspecified atom stereocenters. The van der Waals surface area contributed by atoms with E-state index in [0.29, 0.717) is 12.0 Å². The van der Waals surface area contributed by atoms with E-state index < -0.39 is 17.8 Å². The molecule has 0 saturated heterocycles. The van der Waals surface area contributed by atoms with Crippen molar-refractivity contribution in [2.45, 2.75) is 38.5 Å². The summed E-state index contributed by atoms with van der Waals surface area (Å²) >= 11 is 0. The molecule has 0 saturated carbocycles. The Labute approximate surface area is 110 Å². The Morgan fingerprint density at radius 2 is 2.05 bits per heavy atom. The second kappa shape index (κ2) is 6.70. The van der Waals surface area contributed by atoms with Crippen molar-refractivity contribution in [2.24, 2.45) is 0 Å². The lowest BCUT2D eigenvalue weighted by atomic mass is 10.0. The van der Waals surface area contributed by atoms with Gasteiger partial charge in [0.2, 0.25) is 0 Å². The van der Waals surface area contributed by atoms with Gasteiger partial charge in [-0.1, -0.05) is 31.5 Å². The molecule has 1 aromatic carbocycles. The van der Waals surface area contributed by atoms with E-state index in [4.69, 9.17) is 4.74 Å². The summed E-state index contributed by atoms with van der Waals surface area (Å²) in [6.45, 7) is 1.92. The standard InChI is InChI=1S/C14H17F3O2/c1-3-5-13(19-2)12(18)9-10-6-4-7-11(8-10)14(15,16)17/h4,6-8,13H,3,5,9H2,1-2H3. The molecule has 1 rings (SSSR count). The molecular weight excluding hydrogens is 257 g/mol. The zero-order valence-electron chi connectivity index (χ0n) is 11.0. The summed E-state index contributed by atoms with van der Waals surface area (Å²) in [5, 5.41) is 0. The van der Waals surface area contributed by atoms with Crippen LogP contribution < -0.4 is 0 Å². The van der Waals surface area contributed by atoms with E-state index in [-0.39, 0.29) is 12.2 Å². The second-order valence-electron chi connectivity index (χ2n) is 4.35. The number of ether oxygens (including phenoxy) is 1. The van der Waals surface area contributed by atoms with Crippen LogP contribution in [0.3, 0.4) is 0 Å². The van der Waals surface area contributed by atoms with Gasteiger partial charge in [-0.25, -0.2) is 0 Å². The number of halogens is 3. The molecule has 0 aliphatic rings. The summed E-state index contributed by atoms with van der Waals surface area (Å²) in [5.41, 5.74) is -0.375. The molecule has 0 N–H and O–H groups in total. The zero-order valence-corrected chi connectivity index (χ0v) is 11.0. The van der Waals surface area contributed by atoms with Crippen molar-refractivity contribution >= 4 is 5.78 Å². The monoisotopic (exact) mass is 274 g/mol. The second-order valence-corrected chi connectivity index (χ2v) is 4.35. The smallest absolute Gasteiger partial charge is 0.374 e. The Morgan fingerprint density at radius 1 is 1.37 bits per heavy atom. The number of hydrogen-bond donors (Lipinski definition) is 0. The average Bonchev–Trinajstić information content (AvgIpc) is 2.35. The molecule has 0 spiro atoms. The minimum absolute atomic E-state index is 0.0393. The lowest BCUT2D eigenvalue weighted by Gasteiger charge is -2.13. The first-order valence-corrected chi connectivity index (χ1v) is 6.10. The van der Waals surface area contributed by atoms with Gasteiger partial charge >= 0.3 is 6.18 Å². The zero-order chi connectivity index (χ0) is 14.5. The highest BCUT2D eigenvalue weighted by Crippen LogP contribution is 2.29. The topological polar surface area (TPSA) is 26.3 Å². The molecule has 1 aromatic rings. The van der Waals surface area contributed by atoms with E-state index in [0.717, 1.165) is 18.6 Å². The SMILES string of the molecule is CCCC(OC)C(=O)Cc1cccc(C(F)(F)F)c1.